The monoisotopic (exact) mass is 302 g/mol. The third-order valence-corrected chi connectivity index (χ3v) is 3.58. The number of pyridine rings is 1. The summed E-state index contributed by atoms with van der Waals surface area (Å²) in [4.78, 5) is 16.4. The molecule has 0 spiro atoms. The van der Waals surface area contributed by atoms with Crippen LogP contribution in [-0.4, -0.2) is 23.8 Å². The maximum absolute atomic E-state index is 12.2. The van der Waals surface area contributed by atoms with Crippen LogP contribution in [0.25, 0.3) is 0 Å². The molecule has 1 N–H and O–H groups in total. The van der Waals surface area contributed by atoms with Crippen LogP contribution in [0.2, 0.25) is 0 Å². The van der Waals surface area contributed by atoms with E-state index in [2.05, 4.69) is 10.3 Å². The topological polar surface area (TPSA) is 51.2 Å². The molecule has 0 saturated heterocycles. The zero-order valence-corrected chi connectivity index (χ0v) is 13.2. The van der Waals surface area contributed by atoms with Crippen LogP contribution in [0.5, 0.6) is 5.75 Å². The number of ether oxygens (including phenoxy) is 1. The second-order valence-electron chi connectivity index (χ2n) is 4.45. The highest BCUT2D eigenvalue weighted by molar-refractivity contribution is 7.98. The lowest BCUT2D eigenvalue weighted by Crippen LogP contribution is -2.12. The molecule has 0 radical (unpaired) electrons. The number of benzene rings is 1. The Kier molecular flexibility index (Phi) is 5.22. The highest BCUT2D eigenvalue weighted by Gasteiger charge is 2.08. The number of rotatable bonds is 5. The fraction of sp³-hybridized carbons (Fsp3) is 0.250. The first-order valence-corrected chi connectivity index (χ1v) is 7.91. The van der Waals surface area contributed by atoms with E-state index in [-0.39, 0.29) is 5.91 Å². The minimum atomic E-state index is -0.142. The summed E-state index contributed by atoms with van der Waals surface area (Å²) in [6, 6.07) is 9.10. The van der Waals surface area contributed by atoms with Gasteiger partial charge in [-0.05, 0) is 56.0 Å². The van der Waals surface area contributed by atoms with Crippen molar-refractivity contribution in [3.05, 3.63) is 47.7 Å². The molecular formula is C16H18N2O2S. The minimum Gasteiger partial charge on any atom is -0.494 e. The van der Waals surface area contributed by atoms with Crippen LogP contribution in [0, 0.1) is 6.92 Å². The molecule has 0 bridgehead atoms. The highest BCUT2D eigenvalue weighted by atomic mass is 32.2. The van der Waals surface area contributed by atoms with E-state index in [1.165, 1.54) is 11.8 Å². The number of nitrogens with zero attached hydrogens (tertiary/aromatic N) is 1. The molecule has 0 saturated carbocycles. The molecule has 1 aromatic heterocycles. The van der Waals surface area contributed by atoms with E-state index in [9.17, 15) is 4.79 Å². The number of hydrogen-bond donors (Lipinski definition) is 1. The molecule has 110 valence electrons. The Morgan fingerprint density at radius 1 is 1.33 bits per heavy atom. The SMILES string of the molecule is CCOc1ccc(NC(=O)c2ccnc(SC)c2)cc1C. The van der Waals surface area contributed by atoms with Gasteiger partial charge in [-0.3, -0.25) is 4.79 Å². The van der Waals surface area contributed by atoms with Gasteiger partial charge in [0.05, 0.1) is 11.6 Å². The van der Waals surface area contributed by atoms with Crippen molar-refractivity contribution in [3.8, 4) is 5.75 Å². The molecule has 0 aliphatic carbocycles. The molecule has 0 fully saturated rings. The van der Waals surface area contributed by atoms with Gasteiger partial charge in [-0.2, -0.15) is 0 Å². The van der Waals surface area contributed by atoms with Gasteiger partial charge < -0.3 is 10.1 Å². The molecule has 0 atom stereocenters. The van der Waals surface area contributed by atoms with E-state index < -0.39 is 0 Å². The molecule has 0 aliphatic heterocycles. The molecule has 1 aromatic carbocycles. The Morgan fingerprint density at radius 2 is 2.14 bits per heavy atom. The first-order chi connectivity index (χ1) is 10.1. The number of hydrogen-bond acceptors (Lipinski definition) is 4. The molecule has 2 aromatic rings. The number of amides is 1. The third-order valence-electron chi connectivity index (χ3n) is 2.94. The van der Waals surface area contributed by atoms with E-state index in [0.29, 0.717) is 12.2 Å². The van der Waals surface area contributed by atoms with E-state index in [0.717, 1.165) is 22.0 Å². The Labute approximate surface area is 128 Å². The van der Waals surface area contributed by atoms with Crippen molar-refractivity contribution in [2.45, 2.75) is 18.9 Å². The third kappa shape index (κ3) is 3.98. The van der Waals surface area contributed by atoms with E-state index in [1.54, 1.807) is 18.3 Å². The average Bonchev–Trinajstić information content (AvgIpc) is 2.50. The highest BCUT2D eigenvalue weighted by Crippen LogP contribution is 2.22. The number of thioether (sulfide) groups is 1. The molecule has 0 unspecified atom stereocenters. The van der Waals surface area contributed by atoms with Crippen LogP contribution in [-0.2, 0) is 0 Å². The van der Waals surface area contributed by atoms with E-state index in [1.807, 2.05) is 38.3 Å². The smallest absolute Gasteiger partial charge is 0.255 e. The van der Waals surface area contributed by atoms with E-state index in [4.69, 9.17) is 4.74 Å². The minimum absolute atomic E-state index is 0.142. The van der Waals surface area contributed by atoms with Crippen LogP contribution in [0.4, 0.5) is 5.69 Å². The van der Waals surface area contributed by atoms with Crippen molar-refractivity contribution < 1.29 is 9.53 Å². The normalized spacial score (nSPS) is 10.2. The molecule has 4 nitrogen and oxygen atoms in total. The molecule has 21 heavy (non-hydrogen) atoms. The van der Waals surface area contributed by atoms with Gasteiger partial charge in [0.15, 0.2) is 0 Å². The predicted octanol–water partition coefficient (Wildman–Crippen LogP) is 3.76. The quantitative estimate of drug-likeness (QED) is 0.854. The first-order valence-electron chi connectivity index (χ1n) is 6.69. The van der Waals surface area contributed by atoms with Crippen molar-refractivity contribution in [2.75, 3.05) is 18.2 Å². The fourth-order valence-electron chi connectivity index (χ4n) is 1.91. The standard InChI is InChI=1S/C16H18N2O2S/c1-4-20-14-6-5-13(9-11(14)2)18-16(19)12-7-8-17-15(10-12)21-3/h5-10H,4H2,1-3H3,(H,18,19). The van der Waals surface area contributed by atoms with E-state index >= 15 is 0 Å². The molecule has 2 rings (SSSR count). The summed E-state index contributed by atoms with van der Waals surface area (Å²) in [6.45, 7) is 4.53. The number of carbonyl (C=O) groups is 1. The number of aryl methyl sites for hydroxylation is 1. The summed E-state index contributed by atoms with van der Waals surface area (Å²) in [5.41, 5.74) is 2.35. The second-order valence-corrected chi connectivity index (χ2v) is 5.28. The Morgan fingerprint density at radius 3 is 2.81 bits per heavy atom. The van der Waals surface area contributed by atoms with Gasteiger partial charge >= 0.3 is 0 Å². The number of carbonyl (C=O) groups excluding carboxylic acids is 1. The zero-order chi connectivity index (χ0) is 15.2. The number of aromatic nitrogens is 1. The Balaban J connectivity index is 2.13. The first kappa shape index (κ1) is 15.4. The Hall–Kier alpha value is -2.01. The van der Waals surface area contributed by atoms with Crippen molar-refractivity contribution in [3.63, 3.8) is 0 Å². The van der Waals surface area contributed by atoms with Crippen molar-refractivity contribution in [2.24, 2.45) is 0 Å². The molecule has 1 amide bonds. The molecular weight excluding hydrogens is 284 g/mol. The van der Waals surface area contributed by atoms with Gasteiger partial charge in [-0.1, -0.05) is 0 Å². The van der Waals surface area contributed by atoms with Gasteiger partial charge in [0.25, 0.3) is 5.91 Å². The van der Waals surface area contributed by atoms with Gasteiger partial charge in [-0.15, -0.1) is 11.8 Å². The molecule has 0 aliphatic rings. The average molecular weight is 302 g/mol. The summed E-state index contributed by atoms with van der Waals surface area (Å²) in [5, 5.41) is 3.71. The van der Waals surface area contributed by atoms with Crippen molar-refractivity contribution in [1.29, 1.82) is 0 Å². The van der Waals surface area contributed by atoms with Gasteiger partial charge in [0.1, 0.15) is 5.75 Å². The predicted molar refractivity (Wildman–Crippen MR) is 86.3 cm³/mol. The van der Waals surface area contributed by atoms with Crippen LogP contribution in [0.3, 0.4) is 0 Å². The summed E-state index contributed by atoms with van der Waals surface area (Å²) in [5.74, 6) is 0.695. The largest absolute Gasteiger partial charge is 0.494 e. The van der Waals surface area contributed by atoms with Crippen LogP contribution < -0.4 is 10.1 Å². The van der Waals surface area contributed by atoms with Gasteiger partial charge in [0.2, 0.25) is 0 Å². The van der Waals surface area contributed by atoms with Gasteiger partial charge in [-0.25, -0.2) is 4.98 Å². The van der Waals surface area contributed by atoms with Crippen LogP contribution >= 0.6 is 11.8 Å². The van der Waals surface area contributed by atoms with Crippen molar-refractivity contribution >= 4 is 23.4 Å². The summed E-state index contributed by atoms with van der Waals surface area (Å²) < 4.78 is 5.49. The summed E-state index contributed by atoms with van der Waals surface area (Å²) in [6.07, 6.45) is 3.57. The van der Waals surface area contributed by atoms with Crippen molar-refractivity contribution in [1.82, 2.24) is 4.98 Å². The van der Waals surface area contributed by atoms with Crippen LogP contribution in [0.1, 0.15) is 22.8 Å². The lowest BCUT2D eigenvalue weighted by Gasteiger charge is -2.10. The molecule has 1 heterocycles. The number of nitrogens with one attached hydrogen (secondary N) is 1. The second kappa shape index (κ2) is 7.13. The maximum Gasteiger partial charge on any atom is 0.255 e. The summed E-state index contributed by atoms with van der Waals surface area (Å²) in [7, 11) is 0. The lowest BCUT2D eigenvalue weighted by molar-refractivity contribution is 0.102. The zero-order valence-electron chi connectivity index (χ0n) is 12.3. The maximum atomic E-state index is 12.2. The Bertz CT molecular complexity index is 644. The van der Waals surface area contributed by atoms with Crippen LogP contribution in [0.15, 0.2) is 41.6 Å². The van der Waals surface area contributed by atoms with Gasteiger partial charge in [0, 0.05) is 17.4 Å². The fourth-order valence-corrected chi connectivity index (χ4v) is 2.32. The summed E-state index contributed by atoms with van der Waals surface area (Å²) >= 11 is 1.51. The number of anilines is 1. The molecule has 5 heteroatoms. The lowest BCUT2D eigenvalue weighted by atomic mass is 10.2.